The summed E-state index contributed by atoms with van der Waals surface area (Å²) >= 11 is 1.23. The lowest BCUT2D eigenvalue weighted by Gasteiger charge is -2.40. The molecule has 0 aliphatic carbocycles. The zero-order valence-corrected chi connectivity index (χ0v) is 33.3. The third-order valence-corrected chi connectivity index (χ3v) is 11.4. The number of ether oxygens (including phenoxy) is 3. The van der Waals surface area contributed by atoms with Crippen LogP contribution < -0.4 is 0 Å². The standard InChI is InChI=1S/C41H39F4N4O8PS/c1-4-16-54-58(51,55-17-5-2)56-22-31-12-13-32(42)19-35(31)40(50)57-41(25-49-27-47-26-48-49,36-15-14-33(43)20-38(36)45)28(3)59-34-23-52-39(53-24-34)9-7-6-8-30-11-10-29(21-46)18-37(30)44/h4-15,18-20,26-28,34,39H,1-2,16-17,22-25H2,3H3/b8-6+,9-7+/t28-,34?,39?,41-/m1/s1. The second-order valence-corrected chi connectivity index (χ2v) is 16.0. The topological polar surface area (TPSA) is 144 Å². The molecule has 12 nitrogen and oxygen atoms in total. The minimum Gasteiger partial charge on any atom is -0.447 e. The first-order chi connectivity index (χ1) is 28.4. The van der Waals surface area contributed by atoms with E-state index in [9.17, 15) is 22.5 Å². The van der Waals surface area contributed by atoms with E-state index in [-0.39, 0.29) is 60.8 Å². The van der Waals surface area contributed by atoms with Crippen molar-refractivity contribution in [3.63, 3.8) is 0 Å². The second-order valence-electron chi connectivity index (χ2n) is 12.7. The zero-order chi connectivity index (χ0) is 42.4. The number of rotatable bonds is 20. The summed E-state index contributed by atoms with van der Waals surface area (Å²) in [5.74, 6) is -4.43. The van der Waals surface area contributed by atoms with Gasteiger partial charge in [-0.05, 0) is 55.0 Å². The van der Waals surface area contributed by atoms with Gasteiger partial charge in [-0.1, -0.05) is 42.5 Å². The van der Waals surface area contributed by atoms with Gasteiger partial charge in [-0.25, -0.2) is 36.6 Å². The van der Waals surface area contributed by atoms with Gasteiger partial charge in [0.2, 0.25) is 0 Å². The van der Waals surface area contributed by atoms with Gasteiger partial charge in [0.05, 0.1) is 62.0 Å². The minimum absolute atomic E-state index is 0.0145. The van der Waals surface area contributed by atoms with Crippen LogP contribution in [0.2, 0.25) is 0 Å². The van der Waals surface area contributed by atoms with Gasteiger partial charge in [-0.2, -0.15) is 10.4 Å². The Labute approximate surface area is 342 Å². The molecule has 4 aromatic rings. The fraction of sp³-hybridized carbons (Fsp3) is 0.268. The van der Waals surface area contributed by atoms with E-state index in [2.05, 4.69) is 23.2 Å². The fourth-order valence-electron chi connectivity index (χ4n) is 5.76. The molecule has 0 radical (unpaired) electrons. The van der Waals surface area contributed by atoms with Crippen molar-refractivity contribution in [2.45, 2.75) is 42.5 Å². The van der Waals surface area contributed by atoms with Gasteiger partial charge in [0.1, 0.15) is 35.9 Å². The van der Waals surface area contributed by atoms with E-state index in [0.29, 0.717) is 6.07 Å². The Balaban J connectivity index is 1.40. The molecule has 0 amide bonds. The molecular formula is C41H39F4N4O8PS. The predicted octanol–water partition coefficient (Wildman–Crippen LogP) is 8.62. The van der Waals surface area contributed by atoms with Crippen molar-refractivity contribution in [2.75, 3.05) is 26.4 Å². The van der Waals surface area contributed by atoms with E-state index < -0.39 is 66.1 Å². The van der Waals surface area contributed by atoms with Gasteiger partial charge in [0.15, 0.2) is 11.9 Å². The first-order valence-electron chi connectivity index (χ1n) is 17.9. The van der Waals surface area contributed by atoms with E-state index in [1.165, 1.54) is 65.5 Å². The number of carbonyl (C=O) groups excluding carboxylic acids is 1. The summed E-state index contributed by atoms with van der Waals surface area (Å²) in [6, 6.07) is 12.0. The number of hydrogen-bond donors (Lipinski definition) is 0. The molecule has 0 N–H and O–H groups in total. The summed E-state index contributed by atoms with van der Waals surface area (Å²) in [6.07, 6.45) is 10.8. The first-order valence-corrected chi connectivity index (χ1v) is 20.3. The van der Waals surface area contributed by atoms with Crippen LogP contribution >= 0.6 is 19.6 Å². The van der Waals surface area contributed by atoms with Crippen molar-refractivity contribution >= 4 is 31.6 Å². The summed E-state index contributed by atoms with van der Waals surface area (Å²) in [5, 5.41) is 11.8. The normalized spacial score (nSPS) is 17.4. The highest BCUT2D eigenvalue weighted by Gasteiger charge is 2.47. The van der Waals surface area contributed by atoms with Gasteiger partial charge >= 0.3 is 13.8 Å². The molecule has 0 bridgehead atoms. The lowest BCUT2D eigenvalue weighted by molar-refractivity contribution is -0.146. The van der Waals surface area contributed by atoms with Crippen LogP contribution in [0.15, 0.2) is 111 Å². The van der Waals surface area contributed by atoms with Crippen molar-refractivity contribution < 1.29 is 54.7 Å². The molecule has 0 unspecified atom stereocenters. The van der Waals surface area contributed by atoms with E-state index in [1.807, 2.05) is 6.07 Å². The minimum atomic E-state index is -4.23. The van der Waals surface area contributed by atoms with Gasteiger partial charge in [0, 0.05) is 22.4 Å². The number of nitrogens with zero attached hydrogens (tertiary/aromatic N) is 4. The molecule has 2 atom stereocenters. The molecule has 1 fully saturated rings. The number of phosphoric ester groups is 1. The highest BCUT2D eigenvalue weighted by atomic mass is 32.2. The van der Waals surface area contributed by atoms with Crippen LogP contribution in [0.25, 0.3) is 6.08 Å². The summed E-state index contributed by atoms with van der Waals surface area (Å²) in [7, 11) is -4.23. The average Bonchev–Trinajstić information content (AvgIpc) is 3.74. The molecule has 2 heterocycles. The second kappa shape index (κ2) is 21.2. The third kappa shape index (κ3) is 12.2. The Morgan fingerprint density at radius 3 is 2.37 bits per heavy atom. The van der Waals surface area contributed by atoms with Crippen molar-refractivity contribution in [3.8, 4) is 6.07 Å². The highest BCUT2D eigenvalue weighted by Crippen LogP contribution is 2.50. The fourth-order valence-corrected chi connectivity index (χ4v) is 8.22. The molecule has 310 valence electrons. The number of halogens is 4. The number of allylic oxidation sites excluding steroid dienone is 2. The van der Waals surface area contributed by atoms with Crippen LogP contribution in [-0.2, 0) is 51.1 Å². The van der Waals surface area contributed by atoms with Crippen molar-refractivity contribution in [2.24, 2.45) is 0 Å². The van der Waals surface area contributed by atoms with Crippen molar-refractivity contribution in [1.82, 2.24) is 14.8 Å². The number of thioether (sulfide) groups is 1. The van der Waals surface area contributed by atoms with Gasteiger partial charge in [-0.15, -0.1) is 24.9 Å². The van der Waals surface area contributed by atoms with Crippen LogP contribution in [-0.4, -0.2) is 64.0 Å². The molecule has 5 rings (SSSR count). The Bertz CT molecular complexity index is 2230. The number of esters is 1. The van der Waals surface area contributed by atoms with E-state index >= 15 is 4.39 Å². The molecule has 59 heavy (non-hydrogen) atoms. The Morgan fingerprint density at radius 2 is 1.73 bits per heavy atom. The first kappa shape index (κ1) is 44.9. The maximum atomic E-state index is 16.0. The van der Waals surface area contributed by atoms with Gasteiger partial charge < -0.3 is 14.2 Å². The van der Waals surface area contributed by atoms with E-state index in [1.54, 1.807) is 25.2 Å². The third-order valence-electron chi connectivity index (χ3n) is 8.63. The molecule has 1 saturated heterocycles. The molecule has 1 aliphatic heterocycles. The smallest absolute Gasteiger partial charge is 0.447 e. The molecule has 0 saturated carbocycles. The maximum absolute atomic E-state index is 16.0. The van der Waals surface area contributed by atoms with Crippen molar-refractivity contribution in [3.05, 3.63) is 162 Å². The molecule has 3 aromatic carbocycles. The molecule has 1 aromatic heterocycles. The number of phosphoric acid groups is 1. The Morgan fingerprint density at radius 1 is 1.02 bits per heavy atom. The molecule has 1 aliphatic rings. The van der Waals surface area contributed by atoms with Gasteiger partial charge in [0.25, 0.3) is 0 Å². The highest BCUT2D eigenvalue weighted by molar-refractivity contribution is 8.00. The summed E-state index contributed by atoms with van der Waals surface area (Å²) in [4.78, 5) is 18.3. The largest absolute Gasteiger partial charge is 0.475 e. The summed E-state index contributed by atoms with van der Waals surface area (Å²) < 4.78 is 108. The average molecular weight is 855 g/mol. The molecule has 0 spiro atoms. The number of nitriles is 1. The summed E-state index contributed by atoms with van der Waals surface area (Å²) in [6.45, 7) is 7.64. The number of aromatic nitrogens is 3. The zero-order valence-electron chi connectivity index (χ0n) is 31.6. The number of benzene rings is 3. The van der Waals surface area contributed by atoms with Crippen molar-refractivity contribution in [1.29, 1.82) is 5.26 Å². The SMILES string of the molecule is C=CCOP(=O)(OCC=C)OCc1ccc(F)cc1C(=O)O[C@@](Cn1cncn1)(c1ccc(F)cc1F)[C@@H](C)SC1COC(/C=C/C=C/c2ccc(C#N)cc2F)OC1. The Kier molecular flexibility index (Phi) is 16.1. The summed E-state index contributed by atoms with van der Waals surface area (Å²) in [5.41, 5.74) is -2.05. The van der Waals surface area contributed by atoms with Crippen LogP contribution in [0, 0.1) is 34.6 Å². The van der Waals surface area contributed by atoms with Crippen LogP contribution in [0.3, 0.4) is 0 Å². The number of hydrogen-bond acceptors (Lipinski definition) is 12. The van der Waals surface area contributed by atoms with E-state index in [0.717, 1.165) is 30.3 Å². The van der Waals surface area contributed by atoms with Crippen LogP contribution in [0.4, 0.5) is 17.6 Å². The lowest BCUT2D eigenvalue weighted by atomic mass is 9.89. The Hall–Kier alpha value is -5.18. The van der Waals surface area contributed by atoms with Crippen LogP contribution in [0.1, 0.15) is 39.5 Å². The monoisotopic (exact) mass is 854 g/mol. The molecule has 18 heteroatoms. The molecular weight excluding hydrogens is 816 g/mol. The maximum Gasteiger partial charge on any atom is 0.475 e. The predicted molar refractivity (Wildman–Crippen MR) is 210 cm³/mol. The number of carbonyl (C=O) groups is 1. The van der Waals surface area contributed by atoms with E-state index in [4.69, 9.17) is 33.0 Å². The quantitative estimate of drug-likeness (QED) is 0.0276. The van der Waals surface area contributed by atoms with Crippen LogP contribution in [0.5, 0.6) is 0 Å². The van der Waals surface area contributed by atoms with Gasteiger partial charge in [-0.3, -0.25) is 13.6 Å². The lowest BCUT2D eigenvalue weighted by Crippen LogP contribution is -2.47.